The van der Waals surface area contributed by atoms with Crippen molar-refractivity contribution in [3.63, 3.8) is 0 Å². The van der Waals surface area contributed by atoms with E-state index in [0.717, 1.165) is 36.5 Å². The van der Waals surface area contributed by atoms with Gasteiger partial charge in [0.25, 0.3) is 5.91 Å². The first-order chi connectivity index (χ1) is 13.7. The maximum absolute atomic E-state index is 12.6. The Labute approximate surface area is 165 Å². The molecule has 0 bridgehead atoms. The molecule has 1 aromatic heterocycles. The molecule has 1 aliphatic heterocycles. The number of aromatic nitrogens is 1. The minimum atomic E-state index is -0.0790. The van der Waals surface area contributed by atoms with Gasteiger partial charge in [-0.05, 0) is 54.3 Å². The molecule has 0 atom stereocenters. The third kappa shape index (κ3) is 3.83. The molecule has 0 fully saturated rings. The third-order valence-corrected chi connectivity index (χ3v) is 5.03. The van der Waals surface area contributed by atoms with Crippen LogP contribution < -0.4 is 15.0 Å². The number of nitrogens with zero attached hydrogens (tertiary/aromatic N) is 2. The van der Waals surface area contributed by atoms with Gasteiger partial charge in [-0.25, -0.2) is 4.98 Å². The molecule has 0 saturated heterocycles. The number of carbonyl (C=O) groups is 1. The monoisotopic (exact) mass is 373 g/mol. The number of nitrogens with one attached hydrogen (secondary N) is 1. The van der Waals surface area contributed by atoms with Gasteiger partial charge in [-0.15, -0.1) is 0 Å². The summed E-state index contributed by atoms with van der Waals surface area (Å²) < 4.78 is 5.17. The topological polar surface area (TPSA) is 54.5 Å². The Balaban J connectivity index is 1.39. The van der Waals surface area contributed by atoms with E-state index in [2.05, 4.69) is 33.4 Å². The molecule has 0 aliphatic carbocycles. The molecule has 0 unspecified atom stereocenters. The van der Waals surface area contributed by atoms with Crippen LogP contribution in [-0.2, 0) is 12.8 Å². The average molecular weight is 373 g/mol. The third-order valence-electron chi connectivity index (χ3n) is 5.03. The minimum Gasteiger partial charge on any atom is -0.497 e. The molecule has 1 amide bonds. The number of fused-ring (bicyclic) bond motifs is 1. The van der Waals surface area contributed by atoms with Crippen LogP contribution in [0, 0.1) is 0 Å². The first kappa shape index (κ1) is 18.0. The van der Waals surface area contributed by atoms with E-state index >= 15 is 0 Å². The summed E-state index contributed by atoms with van der Waals surface area (Å²) in [4.78, 5) is 19.2. The summed E-state index contributed by atoms with van der Waals surface area (Å²) in [6.45, 7) is 1.46. The van der Waals surface area contributed by atoms with Gasteiger partial charge in [0.2, 0.25) is 0 Å². The molecule has 0 radical (unpaired) electrons. The van der Waals surface area contributed by atoms with Crippen molar-refractivity contribution >= 4 is 17.4 Å². The van der Waals surface area contributed by atoms with Crippen LogP contribution in [-0.4, -0.2) is 31.1 Å². The molecule has 0 spiro atoms. The lowest BCUT2D eigenvalue weighted by atomic mass is 10.1. The zero-order valence-electron chi connectivity index (χ0n) is 15.9. The standard InChI is InChI=1S/C23H23N3O2/c1-28-20-8-6-17(7-9-20)10-13-25-23(27)19-11-14-24-22(16-19)26-15-12-18-4-2-3-5-21(18)26/h2-9,11,14,16H,10,12-13,15H2,1H3,(H,25,27). The molecular formula is C23H23N3O2. The van der Waals surface area contributed by atoms with Crippen molar-refractivity contribution in [2.45, 2.75) is 12.8 Å². The number of anilines is 2. The Kier molecular flexibility index (Phi) is 5.24. The summed E-state index contributed by atoms with van der Waals surface area (Å²) in [7, 11) is 1.65. The number of pyridine rings is 1. The largest absolute Gasteiger partial charge is 0.497 e. The Morgan fingerprint density at radius 3 is 2.79 bits per heavy atom. The number of methoxy groups -OCH3 is 1. The van der Waals surface area contributed by atoms with Gasteiger partial charge in [0, 0.05) is 30.5 Å². The fourth-order valence-electron chi connectivity index (χ4n) is 3.50. The molecule has 28 heavy (non-hydrogen) atoms. The molecule has 5 heteroatoms. The number of hydrogen-bond acceptors (Lipinski definition) is 4. The van der Waals surface area contributed by atoms with Crippen molar-refractivity contribution in [1.82, 2.24) is 10.3 Å². The zero-order chi connectivity index (χ0) is 19.3. The zero-order valence-corrected chi connectivity index (χ0v) is 15.9. The van der Waals surface area contributed by atoms with Crippen molar-refractivity contribution in [2.24, 2.45) is 0 Å². The van der Waals surface area contributed by atoms with E-state index < -0.39 is 0 Å². The second-order valence-electron chi connectivity index (χ2n) is 6.79. The van der Waals surface area contributed by atoms with Crippen LogP contribution in [0.15, 0.2) is 66.9 Å². The second-order valence-corrected chi connectivity index (χ2v) is 6.79. The number of carbonyl (C=O) groups excluding carboxylic acids is 1. The lowest BCUT2D eigenvalue weighted by molar-refractivity contribution is 0.0954. The van der Waals surface area contributed by atoms with Crippen LogP contribution in [0.5, 0.6) is 5.75 Å². The van der Waals surface area contributed by atoms with Crippen molar-refractivity contribution in [2.75, 3.05) is 25.1 Å². The highest BCUT2D eigenvalue weighted by atomic mass is 16.5. The van der Waals surface area contributed by atoms with Crippen molar-refractivity contribution in [1.29, 1.82) is 0 Å². The summed E-state index contributed by atoms with van der Waals surface area (Å²) in [6.07, 6.45) is 3.47. The van der Waals surface area contributed by atoms with Crippen molar-refractivity contribution in [3.8, 4) is 5.75 Å². The normalized spacial score (nSPS) is 12.5. The van der Waals surface area contributed by atoms with E-state index in [-0.39, 0.29) is 5.91 Å². The molecule has 2 aromatic carbocycles. The number of rotatable bonds is 6. The number of para-hydroxylation sites is 1. The second kappa shape index (κ2) is 8.13. The summed E-state index contributed by atoms with van der Waals surface area (Å²) in [5.74, 6) is 1.57. The lowest BCUT2D eigenvalue weighted by Crippen LogP contribution is -2.26. The van der Waals surface area contributed by atoms with Crippen molar-refractivity contribution in [3.05, 3.63) is 83.6 Å². The predicted octanol–water partition coefficient (Wildman–Crippen LogP) is 3.76. The minimum absolute atomic E-state index is 0.0790. The molecule has 0 saturated carbocycles. The SMILES string of the molecule is COc1ccc(CCNC(=O)c2ccnc(N3CCc4ccccc43)c2)cc1. The van der Waals surface area contributed by atoms with Crippen LogP contribution in [0.1, 0.15) is 21.5 Å². The van der Waals surface area contributed by atoms with E-state index in [1.165, 1.54) is 11.3 Å². The quantitative estimate of drug-likeness (QED) is 0.715. The molecule has 142 valence electrons. The summed E-state index contributed by atoms with van der Waals surface area (Å²) in [5, 5.41) is 3.00. The van der Waals surface area contributed by atoms with Crippen LogP contribution in [0.2, 0.25) is 0 Å². The highest BCUT2D eigenvalue weighted by Gasteiger charge is 2.21. The van der Waals surface area contributed by atoms with Crippen LogP contribution in [0.3, 0.4) is 0 Å². The highest BCUT2D eigenvalue weighted by Crippen LogP contribution is 2.33. The Morgan fingerprint density at radius 1 is 1.14 bits per heavy atom. The molecule has 2 heterocycles. The van der Waals surface area contributed by atoms with Crippen LogP contribution in [0.4, 0.5) is 11.5 Å². The fraction of sp³-hybridized carbons (Fsp3) is 0.217. The highest BCUT2D eigenvalue weighted by molar-refractivity contribution is 5.95. The lowest BCUT2D eigenvalue weighted by Gasteiger charge is -2.18. The van der Waals surface area contributed by atoms with E-state index in [1.54, 1.807) is 19.4 Å². The van der Waals surface area contributed by atoms with Gasteiger partial charge in [-0.2, -0.15) is 0 Å². The Hall–Kier alpha value is -3.34. The molecule has 1 aliphatic rings. The van der Waals surface area contributed by atoms with Gasteiger partial charge in [-0.1, -0.05) is 30.3 Å². The van der Waals surface area contributed by atoms with Gasteiger partial charge in [0.15, 0.2) is 0 Å². The molecule has 5 nitrogen and oxygen atoms in total. The number of hydrogen-bond donors (Lipinski definition) is 1. The van der Waals surface area contributed by atoms with E-state index in [9.17, 15) is 4.79 Å². The summed E-state index contributed by atoms with van der Waals surface area (Å²) in [5.41, 5.74) is 4.28. The Morgan fingerprint density at radius 2 is 1.96 bits per heavy atom. The van der Waals surface area contributed by atoms with Crippen LogP contribution >= 0.6 is 0 Å². The van der Waals surface area contributed by atoms with Gasteiger partial charge in [0.1, 0.15) is 11.6 Å². The maximum atomic E-state index is 12.6. The van der Waals surface area contributed by atoms with Crippen molar-refractivity contribution < 1.29 is 9.53 Å². The Bertz CT molecular complexity index is 970. The summed E-state index contributed by atoms with van der Waals surface area (Å²) >= 11 is 0. The number of amides is 1. The van der Waals surface area contributed by atoms with Gasteiger partial charge < -0.3 is 15.0 Å². The van der Waals surface area contributed by atoms with E-state index in [1.807, 2.05) is 36.4 Å². The average Bonchev–Trinajstić information content (AvgIpc) is 3.18. The number of benzene rings is 2. The van der Waals surface area contributed by atoms with Gasteiger partial charge in [-0.3, -0.25) is 4.79 Å². The first-order valence-corrected chi connectivity index (χ1v) is 9.47. The van der Waals surface area contributed by atoms with Crippen LogP contribution in [0.25, 0.3) is 0 Å². The molecular weight excluding hydrogens is 350 g/mol. The van der Waals surface area contributed by atoms with Gasteiger partial charge >= 0.3 is 0 Å². The number of ether oxygens (including phenoxy) is 1. The van der Waals surface area contributed by atoms with E-state index in [4.69, 9.17) is 4.74 Å². The molecule has 1 N–H and O–H groups in total. The maximum Gasteiger partial charge on any atom is 0.251 e. The predicted molar refractivity (Wildman–Crippen MR) is 110 cm³/mol. The molecule has 3 aromatic rings. The smallest absolute Gasteiger partial charge is 0.251 e. The fourth-order valence-corrected chi connectivity index (χ4v) is 3.50. The first-order valence-electron chi connectivity index (χ1n) is 9.47. The van der Waals surface area contributed by atoms with E-state index in [0.29, 0.717) is 12.1 Å². The van der Waals surface area contributed by atoms with Gasteiger partial charge in [0.05, 0.1) is 7.11 Å². The summed E-state index contributed by atoms with van der Waals surface area (Å²) in [6, 6.07) is 19.9. The molecule has 4 rings (SSSR count).